The van der Waals surface area contributed by atoms with Crippen LogP contribution in [-0.4, -0.2) is 31.9 Å². The highest BCUT2D eigenvalue weighted by Crippen LogP contribution is 2.27. The lowest BCUT2D eigenvalue weighted by molar-refractivity contribution is -0.0604. The number of amidine groups is 1. The molecule has 0 heterocycles. The Bertz CT molecular complexity index is 560. The molecule has 21 heavy (non-hydrogen) atoms. The maximum Gasteiger partial charge on any atom is 0.453 e. The molecule has 0 radical (unpaired) electrons. The van der Waals surface area contributed by atoms with Gasteiger partial charge in [0, 0.05) is 6.72 Å². The number of ether oxygens (including phenoxy) is 1. The van der Waals surface area contributed by atoms with Crippen LogP contribution in [0.2, 0.25) is 0 Å². The predicted molar refractivity (Wildman–Crippen MR) is 68.1 cm³/mol. The van der Waals surface area contributed by atoms with Gasteiger partial charge in [-0.2, -0.15) is 18.3 Å². The van der Waals surface area contributed by atoms with Gasteiger partial charge < -0.3 is 4.74 Å². The van der Waals surface area contributed by atoms with E-state index in [0.717, 1.165) is 18.2 Å². The van der Waals surface area contributed by atoms with E-state index in [2.05, 4.69) is 21.7 Å². The molecule has 1 rings (SSSR count). The number of hydrazine groups is 1. The highest BCUT2D eigenvalue weighted by Gasteiger charge is 2.40. The van der Waals surface area contributed by atoms with E-state index >= 15 is 0 Å². The van der Waals surface area contributed by atoms with Gasteiger partial charge in [0.2, 0.25) is 6.86 Å². The summed E-state index contributed by atoms with van der Waals surface area (Å²) in [5.41, 5.74) is -0.392. The van der Waals surface area contributed by atoms with Gasteiger partial charge in [-0.3, -0.25) is 9.80 Å². The van der Waals surface area contributed by atoms with E-state index < -0.39 is 18.9 Å². The number of carbonyl (C=O) groups is 1. The second kappa shape index (κ2) is 6.79. The number of halogens is 4. The monoisotopic (exact) mass is 306 g/mol. The summed E-state index contributed by atoms with van der Waals surface area (Å²) >= 11 is 0. The Kier molecular flexibility index (Phi) is 5.36. The maximum absolute atomic E-state index is 12.7. The van der Waals surface area contributed by atoms with Crippen LogP contribution in [0.3, 0.4) is 0 Å². The molecule has 0 bridgehead atoms. The molecule has 6 nitrogen and oxygen atoms in total. The molecular formula is C11H10F4N4O2. The third kappa shape index (κ3) is 3.99. The summed E-state index contributed by atoms with van der Waals surface area (Å²) in [4.78, 5) is 10.8. The molecule has 0 spiro atoms. The first kappa shape index (κ1) is 16.6. The summed E-state index contributed by atoms with van der Waals surface area (Å²) in [6, 6.07) is 3.19. The first-order valence-corrected chi connectivity index (χ1v) is 5.28. The molecule has 0 saturated carbocycles. The molecule has 0 aliphatic carbocycles. The van der Waals surface area contributed by atoms with Gasteiger partial charge in [-0.05, 0) is 18.2 Å². The normalized spacial score (nSPS) is 12.0. The number of anilines is 1. The molecule has 0 atom stereocenters. The standard InChI is InChI=1S/C11H10F4N4O2/c1-17-18-10(11(13,14)15)19(16)8-2-3-9(21-6-12)7(4-8)5-20/h2-5H,1,6,16H2/b18-10-. The molecule has 0 fully saturated rings. The van der Waals surface area contributed by atoms with Crippen molar-refractivity contribution in [3.8, 4) is 5.75 Å². The second-order valence-electron chi connectivity index (χ2n) is 3.53. The van der Waals surface area contributed by atoms with Crippen molar-refractivity contribution in [1.29, 1.82) is 0 Å². The fraction of sp³-hybridized carbons (Fsp3) is 0.182. The minimum atomic E-state index is -4.88. The number of aldehydes is 1. The zero-order valence-corrected chi connectivity index (χ0v) is 10.5. The van der Waals surface area contributed by atoms with Crippen molar-refractivity contribution in [2.24, 2.45) is 16.0 Å². The van der Waals surface area contributed by atoms with Crippen molar-refractivity contribution in [3.05, 3.63) is 23.8 Å². The minimum Gasteiger partial charge on any atom is -0.462 e. The Morgan fingerprint density at radius 1 is 1.48 bits per heavy atom. The van der Waals surface area contributed by atoms with E-state index in [1.165, 1.54) is 0 Å². The van der Waals surface area contributed by atoms with E-state index in [9.17, 15) is 22.4 Å². The van der Waals surface area contributed by atoms with Gasteiger partial charge in [0.25, 0.3) is 5.84 Å². The van der Waals surface area contributed by atoms with Crippen molar-refractivity contribution in [1.82, 2.24) is 0 Å². The largest absolute Gasteiger partial charge is 0.462 e. The zero-order valence-electron chi connectivity index (χ0n) is 10.5. The summed E-state index contributed by atoms with van der Waals surface area (Å²) in [5, 5.41) is 5.79. The Morgan fingerprint density at radius 2 is 2.14 bits per heavy atom. The highest BCUT2D eigenvalue weighted by atomic mass is 19.4. The highest BCUT2D eigenvalue weighted by molar-refractivity contribution is 6.01. The SMILES string of the molecule is C=N/N=C(\N(N)c1ccc(OCF)c(C=O)c1)C(F)(F)F. The van der Waals surface area contributed by atoms with Crippen LogP contribution in [0.4, 0.5) is 23.2 Å². The lowest BCUT2D eigenvalue weighted by atomic mass is 10.2. The molecule has 10 heteroatoms. The molecule has 1 aromatic rings. The molecule has 0 unspecified atom stereocenters. The topological polar surface area (TPSA) is 80.3 Å². The van der Waals surface area contributed by atoms with Crippen LogP contribution in [0, 0.1) is 0 Å². The van der Waals surface area contributed by atoms with E-state index in [1.807, 2.05) is 0 Å². The quantitative estimate of drug-likeness (QED) is 0.225. The average Bonchev–Trinajstić information content (AvgIpc) is 2.43. The van der Waals surface area contributed by atoms with Crippen molar-refractivity contribution in [2.75, 3.05) is 11.9 Å². The number of alkyl halides is 4. The molecule has 1 aromatic carbocycles. The first-order chi connectivity index (χ1) is 9.85. The van der Waals surface area contributed by atoms with Crippen LogP contribution >= 0.6 is 0 Å². The molecule has 0 amide bonds. The Balaban J connectivity index is 3.23. The summed E-state index contributed by atoms with van der Waals surface area (Å²) < 4.78 is 54.8. The molecule has 0 aliphatic heterocycles. The number of carbonyl (C=O) groups excluding carboxylic acids is 1. The Hall–Kier alpha value is -2.49. The third-order valence-electron chi connectivity index (χ3n) is 2.26. The molecule has 114 valence electrons. The molecule has 0 saturated heterocycles. The number of benzene rings is 1. The van der Waals surface area contributed by atoms with Gasteiger partial charge >= 0.3 is 6.18 Å². The molecule has 0 aromatic heterocycles. The summed E-state index contributed by atoms with van der Waals surface area (Å²) in [7, 11) is 0. The number of nitrogens with zero attached hydrogens (tertiary/aromatic N) is 3. The van der Waals surface area contributed by atoms with E-state index in [1.54, 1.807) is 0 Å². The number of hydrogen-bond donors (Lipinski definition) is 1. The van der Waals surface area contributed by atoms with Crippen LogP contribution in [0.5, 0.6) is 5.75 Å². The lowest BCUT2D eigenvalue weighted by Crippen LogP contribution is -2.46. The van der Waals surface area contributed by atoms with Gasteiger partial charge in [-0.15, -0.1) is 5.10 Å². The molecule has 2 N–H and O–H groups in total. The van der Waals surface area contributed by atoms with Crippen LogP contribution in [-0.2, 0) is 0 Å². The van der Waals surface area contributed by atoms with Gasteiger partial charge in [-0.1, -0.05) is 0 Å². The van der Waals surface area contributed by atoms with E-state index in [-0.39, 0.29) is 22.0 Å². The van der Waals surface area contributed by atoms with Crippen LogP contribution in [0.25, 0.3) is 0 Å². The smallest absolute Gasteiger partial charge is 0.453 e. The van der Waals surface area contributed by atoms with Gasteiger partial charge in [0.1, 0.15) is 5.75 Å². The Morgan fingerprint density at radius 3 is 2.62 bits per heavy atom. The van der Waals surface area contributed by atoms with Gasteiger partial charge in [0.05, 0.1) is 11.3 Å². The molecular weight excluding hydrogens is 296 g/mol. The van der Waals surface area contributed by atoms with Crippen LogP contribution < -0.4 is 15.6 Å². The summed E-state index contributed by atoms with van der Waals surface area (Å²) in [5.74, 6) is 3.66. The van der Waals surface area contributed by atoms with E-state index in [0.29, 0.717) is 6.29 Å². The van der Waals surface area contributed by atoms with Crippen molar-refractivity contribution < 1.29 is 27.1 Å². The number of rotatable bonds is 5. The maximum atomic E-state index is 12.7. The Labute approximate surface area is 116 Å². The summed E-state index contributed by atoms with van der Waals surface area (Å²) in [6.45, 7) is 1.63. The number of nitrogens with two attached hydrogens (primary N) is 1. The second-order valence-corrected chi connectivity index (χ2v) is 3.53. The minimum absolute atomic E-state index is 0.128. The van der Waals surface area contributed by atoms with Crippen molar-refractivity contribution in [3.63, 3.8) is 0 Å². The zero-order chi connectivity index (χ0) is 16.0. The fourth-order valence-electron chi connectivity index (χ4n) is 1.40. The van der Waals surface area contributed by atoms with Crippen molar-refractivity contribution in [2.45, 2.75) is 6.18 Å². The third-order valence-corrected chi connectivity index (χ3v) is 2.26. The molecule has 0 aliphatic rings. The average molecular weight is 306 g/mol. The van der Waals surface area contributed by atoms with Crippen molar-refractivity contribution >= 4 is 24.5 Å². The summed E-state index contributed by atoms with van der Waals surface area (Å²) in [6.07, 6.45) is -4.59. The fourth-order valence-corrected chi connectivity index (χ4v) is 1.40. The van der Waals surface area contributed by atoms with E-state index in [4.69, 9.17) is 5.84 Å². The lowest BCUT2D eigenvalue weighted by Gasteiger charge is -2.22. The van der Waals surface area contributed by atoms with Crippen LogP contribution in [0.1, 0.15) is 10.4 Å². The van der Waals surface area contributed by atoms with Crippen LogP contribution in [0.15, 0.2) is 28.4 Å². The van der Waals surface area contributed by atoms with Gasteiger partial charge in [-0.25, -0.2) is 10.2 Å². The van der Waals surface area contributed by atoms with Gasteiger partial charge in [0.15, 0.2) is 6.29 Å². The number of hydrogen-bond acceptors (Lipinski definition) is 5. The first-order valence-electron chi connectivity index (χ1n) is 5.28. The predicted octanol–water partition coefficient (Wildman–Crippen LogP) is 2.06.